The van der Waals surface area contributed by atoms with E-state index in [9.17, 15) is 19.8 Å². The Morgan fingerprint density at radius 3 is 1.24 bits per heavy atom. The third-order valence-corrected chi connectivity index (χ3v) is 1.84. The molecule has 138 valence electrons. The first kappa shape index (κ1) is 36.4. The molecule has 6 N–H and O–H groups in total. The second-order valence-corrected chi connectivity index (χ2v) is 3.74. The Morgan fingerprint density at radius 2 is 1.08 bits per heavy atom. The predicted octanol–water partition coefficient (Wildman–Crippen LogP) is -9.92. The molecule has 0 bridgehead atoms. The molecule has 0 aliphatic rings. The zero-order chi connectivity index (χ0) is 19.3. The van der Waals surface area contributed by atoms with Gasteiger partial charge >= 0.3 is 75.5 Å². The van der Waals surface area contributed by atoms with E-state index in [4.69, 9.17) is 45.6 Å². The Balaban J connectivity index is -0.0000000937. The normalized spacial score (nSPS) is 14.8. The van der Waals surface area contributed by atoms with Crippen LogP contribution >= 0.6 is 0 Å². The zero-order valence-electron chi connectivity index (χ0n) is 13.0. The number of aliphatic hydroxyl groups excluding tert-OH is 6. The van der Waals surface area contributed by atoms with Crippen LogP contribution in [-0.4, -0.2) is 161 Å². The van der Waals surface area contributed by atoms with E-state index in [1.807, 2.05) is 0 Å². The van der Waals surface area contributed by atoms with Gasteiger partial charge in [0.25, 0.3) is 0 Å². The van der Waals surface area contributed by atoms with Crippen LogP contribution in [0, 0.1) is 0 Å². The van der Waals surface area contributed by atoms with E-state index in [0.717, 1.165) is 6.92 Å². The Bertz CT molecular complexity index is 361. The van der Waals surface area contributed by atoms with Crippen LogP contribution in [0.15, 0.2) is 0 Å². The van der Waals surface area contributed by atoms with Crippen molar-refractivity contribution in [1.29, 1.82) is 0 Å². The van der Waals surface area contributed by atoms with Crippen LogP contribution in [0.25, 0.3) is 0 Å². The largest absolute Gasteiger partial charge is 2.00 e. The van der Waals surface area contributed by atoms with Crippen LogP contribution in [0.3, 0.4) is 0 Å². The van der Waals surface area contributed by atoms with Crippen LogP contribution in [-0.2, 0) is 9.59 Å². The smallest absolute Gasteiger partial charge is 0.652 e. The molecule has 5 unspecified atom stereocenters. The van der Waals surface area contributed by atoms with E-state index in [1.54, 1.807) is 0 Å². The van der Waals surface area contributed by atoms with Crippen molar-refractivity contribution in [3.8, 4) is 0 Å². The summed E-state index contributed by atoms with van der Waals surface area (Å²) in [5.41, 5.74) is 0. The summed E-state index contributed by atoms with van der Waals surface area (Å²) in [5.74, 6) is -3.41. The van der Waals surface area contributed by atoms with E-state index in [1.165, 1.54) is 0 Å². The van der Waals surface area contributed by atoms with Gasteiger partial charge in [0.1, 0.15) is 24.4 Å². The molecule has 0 aromatic heterocycles. The number of carboxylic acids is 2. The van der Waals surface area contributed by atoms with Crippen molar-refractivity contribution in [2.75, 3.05) is 6.61 Å². The minimum atomic E-state index is -2.33. The van der Waals surface area contributed by atoms with Crippen molar-refractivity contribution in [1.82, 2.24) is 0 Å². The molecule has 15 heteroatoms. The molecular weight excluding hydrogens is 408 g/mol. The van der Waals surface area contributed by atoms with Crippen molar-refractivity contribution in [3.63, 3.8) is 0 Å². The first-order valence-corrected chi connectivity index (χ1v) is 5.60. The molecule has 13 nitrogen and oxygen atoms in total. The predicted molar refractivity (Wildman–Crippen MR) is 69.7 cm³/mol. The van der Waals surface area contributed by atoms with Crippen LogP contribution in [0.5, 0.6) is 0 Å². The molecule has 0 aliphatic carbocycles. The van der Waals surface area contributed by atoms with Crippen LogP contribution in [0.2, 0.25) is 0 Å². The van der Waals surface area contributed by atoms with E-state index in [0.29, 0.717) is 0 Å². The van der Waals surface area contributed by atoms with Crippen molar-refractivity contribution >= 4 is 93.6 Å². The van der Waals surface area contributed by atoms with E-state index < -0.39 is 55.2 Å². The number of carbonyl (C=O) groups is 3. The van der Waals surface area contributed by atoms with E-state index in [2.05, 4.69) is 0 Å². The molecule has 0 amide bonds. The number of hydrogen-bond acceptors (Lipinski definition) is 13. The van der Waals surface area contributed by atoms with Crippen LogP contribution in [0.1, 0.15) is 6.92 Å². The van der Waals surface area contributed by atoms with Crippen LogP contribution < -0.4 is 20.4 Å². The fraction of sp³-hybridized carbons (Fsp3) is 0.700. The Kier molecular flexibility index (Phi) is 30.3. The zero-order valence-corrected chi connectivity index (χ0v) is 17.5. The van der Waals surface area contributed by atoms with Gasteiger partial charge in [-0.25, -0.2) is 0 Å². The second kappa shape index (κ2) is 20.8. The summed E-state index contributed by atoms with van der Waals surface area (Å²) in [4.78, 5) is 27.7. The van der Waals surface area contributed by atoms with Gasteiger partial charge in [-0.1, -0.05) is 0 Å². The molecule has 0 saturated heterocycles. The molecule has 0 saturated carbocycles. The number of aliphatic hydroxyl groups is 6. The maximum atomic E-state index is 9.98. The summed E-state index contributed by atoms with van der Waals surface area (Å²) in [6, 6.07) is 0. The fourth-order valence-electron chi connectivity index (χ4n) is 0.662. The van der Waals surface area contributed by atoms with Gasteiger partial charge in [0.15, 0.2) is 0 Å². The quantitative estimate of drug-likeness (QED) is 0.216. The summed E-state index contributed by atoms with van der Waals surface area (Å²) in [7, 11) is 0. The van der Waals surface area contributed by atoms with E-state index >= 15 is 0 Å². The minimum absolute atomic E-state index is 0. The Labute approximate surface area is 201 Å². The van der Waals surface area contributed by atoms with Gasteiger partial charge in [-0.05, 0) is 13.1 Å². The first-order chi connectivity index (χ1) is 10.3. The Hall–Kier alpha value is 0.489. The SMILES string of the molecule is CC(O)C(=O)[O-].O=C([O-])C(O)C(O)C(O)C(O)CO.O=C([O-])[O-].[Ca+2].[Ca+2]. The number of aliphatic carboxylic acids is 2. The van der Waals surface area contributed by atoms with Gasteiger partial charge in [-0.2, -0.15) is 0 Å². The molecule has 0 heterocycles. The molecular formula is C10H16Ca2O13. The summed E-state index contributed by atoms with van der Waals surface area (Å²) >= 11 is 0. The van der Waals surface area contributed by atoms with Crippen molar-refractivity contribution in [2.45, 2.75) is 37.4 Å². The molecule has 0 rings (SSSR count). The monoisotopic (exact) mass is 424 g/mol. The second-order valence-electron chi connectivity index (χ2n) is 3.74. The maximum Gasteiger partial charge on any atom is 2.00 e. The van der Waals surface area contributed by atoms with Gasteiger partial charge in [0, 0.05) is 0 Å². The maximum absolute atomic E-state index is 9.98. The molecule has 0 aromatic carbocycles. The van der Waals surface area contributed by atoms with Crippen molar-refractivity contribution in [3.05, 3.63) is 0 Å². The molecule has 0 radical (unpaired) electrons. The van der Waals surface area contributed by atoms with Crippen molar-refractivity contribution < 1.29 is 65.4 Å². The third kappa shape index (κ3) is 24.5. The summed E-state index contributed by atoms with van der Waals surface area (Å²) < 4.78 is 0. The number of carboxylic acid groups (broad SMARTS) is 4. The average Bonchev–Trinajstić information content (AvgIpc) is 2.43. The van der Waals surface area contributed by atoms with Gasteiger partial charge in [-0.15, -0.1) is 0 Å². The van der Waals surface area contributed by atoms with Crippen molar-refractivity contribution in [2.24, 2.45) is 0 Å². The molecule has 0 aromatic rings. The first-order valence-electron chi connectivity index (χ1n) is 5.60. The molecule has 0 spiro atoms. The fourth-order valence-corrected chi connectivity index (χ4v) is 0.662. The summed E-state index contributed by atoms with van der Waals surface area (Å²) in [5, 5.41) is 87.4. The number of hydrogen-bond donors (Lipinski definition) is 6. The minimum Gasteiger partial charge on any atom is -0.652 e. The third-order valence-electron chi connectivity index (χ3n) is 1.84. The van der Waals surface area contributed by atoms with Gasteiger partial charge in [0.05, 0.1) is 24.6 Å². The summed E-state index contributed by atoms with van der Waals surface area (Å²) in [6.45, 7) is 0.271. The van der Waals surface area contributed by atoms with E-state index in [-0.39, 0.29) is 75.5 Å². The number of carbonyl (C=O) groups excluding carboxylic acids is 3. The molecule has 0 fully saturated rings. The average molecular weight is 424 g/mol. The van der Waals surface area contributed by atoms with Crippen LogP contribution in [0.4, 0.5) is 4.79 Å². The molecule has 5 atom stereocenters. The Morgan fingerprint density at radius 1 is 0.800 bits per heavy atom. The summed E-state index contributed by atoms with van der Waals surface area (Å²) in [6.07, 6.45) is -11.8. The molecule has 0 aliphatic heterocycles. The molecule has 25 heavy (non-hydrogen) atoms. The number of rotatable bonds is 6. The standard InChI is InChI=1S/C6H12O7.C3H6O3.CH2O3.2Ca/c7-1-2(8)3(9)4(10)5(11)6(12)13;1-2(4)3(5)6;2-1(3)4;;/h2-5,7-11H,1H2,(H,12,13);2,4H,1H3,(H,5,6);(H2,2,3,4);;/q;;;2*+2/p-4. The van der Waals surface area contributed by atoms with Gasteiger partial charge in [0.2, 0.25) is 0 Å². The van der Waals surface area contributed by atoms with Gasteiger partial charge < -0.3 is 65.4 Å². The topological polar surface area (TPSA) is 265 Å². The van der Waals surface area contributed by atoms with Gasteiger partial charge in [-0.3, -0.25) is 0 Å².